The molecule has 1 aliphatic carbocycles. The number of hydrogen-bond acceptors (Lipinski definition) is 4. The van der Waals surface area contributed by atoms with Crippen molar-refractivity contribution in [3.8, 4) is 11.8 Å². The third-order valence-electron chi connectivity index (χ3n) is 6.79. The van der Waals surface area contributed by atoms with Crippen molar-refractivity contribution in [3.05, 3.63) is 11.1 Å². The molecular formula is C22H32N2O2. The van der Waals surface area contributed by atoms with Crippen molar-refractivity contribution in [3.63, 3.8) is 0 Å². The van der Waals surface area contributed by atoms with Crippen LogP contribution >= 0.6 is 0 Å². The minimum Gasteiger partial charge on any atom is -0.452 e. The van der Waals surface area contributed by atoms with Crippen LogP contribution in [0.15, 0.2) is 11.1 Å². The Morgan fingerprint density at radius 1 is 1.27 bits per heavy atom. The second kappa shape index (κ2) is 7.02. The highest BCUT2D eigenvalue weighted by Crippen LogP contribution is 2.63. The maximum Gasteiger partial charge on any atom is 0.307 e. The Bertz CT molecular complexity index is 667. The topological polar surface area (TPSA) is 32.8 Å². The van der Waals surface area contributed by atoms with Crippen molar-refractivity contribution in [1.29, 1.82) is 0 Å². The van der Waals surface area contributed by atoms with Gasteiger partial charge in [0.25, 0.3) is 0 Å². The molecule has 0 amide bonds. The van der Waals surface area contributed by atoms with Crippen LogP contribution in [-0.2, 0) is 9.53 Å². The summed E-state index contributed by atoms with van der Waals surface area (Å²) in [5, 5.41) is 0. The summed E-state index contributed by atoms with van der Waals surface area (Å²) in [7, 11) is 0. The Labute approximate surface area is 157 Å². The van der Waals surface area contributed by atoms with E-state index in [-0.39, 0.29) is 17.5 Å². The average molecular weight is 357 g/mol. The summed E-state index contributed by atoms with van der Waals surface area (Å²) in [6, 6.07) is 0.758. The van der Waals surface area contributed by atoms with Gasteiger partial charge in [0.1, 0.15) is 0 Å². The minimum atomic E-state index is -0.326. The zero-order valence-corrected chi connectivity index (χ0v) is 16.5. The molecular weight excluding hydrogens is 324 g/mol. The summed E-state index contributed by atoms with van der Waals surface area (Å²) in [4.78, 5) is 17.2. The van der Waals surface area contributed by atoms with Crippen molar-refractivity contribution in [2.75, 3.05) is 26.2 Å². The molecule has 1 spiro atoms. The van der Waals surface area contributed by atoms with Crippen molar-refractivity contribution < 1.29 is 9.53 Å². The zero-order chi connectivity index (χ0) is 18.3. The summed E-state index contributed by atoms with van der Waals surface area (Å²) in [5.74, 6) is 7.10. The summed E-state index contributed by atoms with van der Waals surface area (Å²) in [6.07, 6.45) is 6.51. The number of nitrogens with zero attached hydrogens (tertiary/aromatic N) is 2. The molecule has 3 heterocycles. The van der Waals surface area contributed by atoms with E-state index in [9.17, 15) is 4.79 Å². The molecule has 0 saturated carbocycles. The smallest absolute Gasteiger partial charge is 0.307 e. The van der Waals surface area contributed by atoms with E-state index < -0.39 is 0 Å². The van der Waals surface area contributed by atoms with E-state index in [0.717, 1.165) is 45.4 Å². The number of ether oxygens (including phenoxy) is 1. The molecule has 0 bridgehead atoms. The number of carbonyl (C=O) groups is 1. The van der Waals surface area contributed by atoms with E-state index in [2.05, 4.69) is 42.4 Å². The molecule has 3 fully saturated rings. The highest BCUT2D eigenvalue weighted by Gasteiger charge is 2.71. The predicted octanol–water partition coefficient (Wildman–Crippen LogP) is 2.98. The van der Waals surface area contributed by atoms with Crippen LogP contribution in [0.4, 0.5) is 0 Å². The molecule has 3 aliphatic heterocycles. The first-order valence-corrected chi connectivity index (χ1v) is 10.6. The largest absolute Gasteiger partial charge is 0.452 e. The van der Waals surface area contributed by atoms with Crippen molar-refractivity contribution in [2.45, 2.75) is 77.0 Å². The molecule has 0 aromatic heterocycles. The molecule has 0 radical (unpaired) electrons. The Balaban J connectivity index is 1.60. The van der Waals surface area contributed by atoms with Crippen LogP contribution in [0.5, 0.6) is 0 Å². The van der Waals surface area contributed by atoms with Gasteiger partial charge in [0.15, 0.2) is 5.60 Å². The first kappa shape index (κ1) is 18.1. The van der Waals surface area contributed by atoms with Gasteiger partial charge in [0.05, 0.1) is 19.0 Å². The third-order valence-corrected chi connectivity index (χ3v) is 6.79. The van der Waals surface area contributed by atoms with Crippen molar-refractivity contribution in [1.82, 2.24) is 9.80 Å². The Kier molecular flexibility index (Phi) is 4.88. The molecule has 3 saturated heterocycles. The summed E-state index contributed by atoms with van der Waals surface area (Å²) in [6.45, 7) is 10.9. The Morgan fingerprint density at radius 3 is 2.77 bits per heavy atom. The number of hydrogen-bond donors (Lipinski definition) is 0. The molecule has 4 nitrogen and oxygen atoms in total. The number of rotatable bonds is 5. The lowest BCUT2D eigenvalue weighted by Gasteiger charge is -2.45. The van der Waals surface area contributed by atoms with E-state index in [1.165, 1.54) is 24.0 Å². The van der Waals surface area contributed by atoms with Gasteiger partial charge < -0.3 is 4.74 Å². The van der Waals surface area contributed by atoms with Crippen LogP contribution in [-0.4, -0.2) is 59.6 Å². The highest BCUT2D eigenvalue weighted by molar-refractivity contribution is 5.80. The Hall–Kier alpha value is -1.31. The number of fused-ring (bicyclic) bond motifs is 1. The monoisotopic (exact) mass is 356 g/mol. The molecule has 0 N–H and O–H groups in total. The van der Waals surface area contributed by atoms with E-state index >= 15 is 0 Å². The van der Waals surface area contributed by atoms with Crippen LogP contribution in [0.25, 0.3) is 0 Å². The fraction of sp³-hybridized carbons (Fsp3) is 0.773. The first-order chi connectivity index (χ1) is 12.6. The fourth-order valence-corrected chi connectivity index (χ4v) is 5.88. The molecule has 0 aromatic rings. The van der Waals surface area contributed by atoms with Gasteiger partial charge in [-0.25, -0.2) is 0 Å². The summed E-state index contributed by atoms with van der Waals surface area (Å²) < 4.78 is 6.03. The zero-order valence-electron chi connectivity index (χ0n) is 16.5. The predicted molar refractivity (Wildman–Crippen MR) is 103 cm³/mol. The average Bonchev–Trinajstić information content (AvgIpc) is 3.03. The maximum absolute atomic E-state index is 12.2. The van der Waals surface area contributed by atoms with Gasteiger partial charge in [0.2, 0.25) is 0 Å². The number of carbonyl (C=O) groups excluding carboxylic acids is 1. The third kappa shape index (κ3) is 2.55. The van der Waals surface area contributed by atoms with E-state index in [0.29, 0.717) is 18.5 Å². The van der Waals surface area contributed by atoms with Crippen LogP contribution in [0.1, 0.15) is 59.3 Å². The molecule has 0 aromatic carbocycles. The maximum atomic E-state index is 12.2. The second-order valence-electron chi connectivity index (χ2n) is 8.35. The molecule has 4 aliphatic rings. The highest BCUT2D eigenvalue weighted by atomic mass is 16.6. The van der Waals surface area contributed by atoms with Gasteiger partial charge in [-0.05, 0) is 52.2 Å². The molecule has 142 valence electrons. The molecule has 26 heavy (non-hydrogen) atoms. The lowest BCUT2D eigenvalue weighted by Crippen LogP contribution is -2.55. The lowest BCUT2D eigenvalue weighted by molar-refractivity contribution is -0.150. The molecule has 4 heteroatoms. The minimum absolute atomic E-state index is 0.0254. The van der Waals surface area contributed by atoms with Crippen molar-refractivity contribution in [2.24, 2.45) is 5.92 Å². The van der Waals surface area contributed by atoms with Gasteiger partial charge in [-0.2, -0.15) is 0 Å². The van der Waals surface area contributed by atoms with Gasteiger partial charge in [-0.15, -0.1) is 0 Å². The van der Waals surface area contributed by atoms with Gasteiger partial charge in [0, 0.05) is 23.1 Å². The summed E-state index contributed by atoms with van der Waals surface area (Å²) in [5.41, 5.74) is 2.24. The SMILES string of the molecule is CCCN(CC#CC1=C2[C@H](C)N3CCCCC3[C@]23OC(=O)CC13)CCC. The molecule has 2 unspecified atom stereocenters. The molecule has 4 atom stereocenters. The first-order valence-electron chi connectivity index (χ1n) is 10.6. The van der Waals surface area contributed by atoms with E-state index in [1.807, 2.05) is 0 Å². The second-order valence-corrected chi connectivity index (χ2v) is 8.35. The van der Waals surface area contributed by atoms with E-state index in [4.69, 9.17) is 4.74 Å². The van der Waals surface area contributed by atoms with Crippen LogP contribution in [0.2, 0.25) is 0 Å². The van der Waals surface area contributed by atoms with Gasteiger partial charge in [-0.1, -0.05) is 32.1 Å². The van der Waals surface area contributed by atoms with Gasteiger partial charge in [-0.3, -0.25) is 14.6 Å². The van der Waals surface area contributed by atoms with Crippen LogP contribution in [0.3, 0.4) is 0 Å². The van der Waals surface area contributed by atoms with Crippen molar-refractivity contribution >= 4 is 5.97 Å². The van der Waals surface area contributed by atoms with Crippen LogP contribution < -0.4 is 0 Å². The quantitative estimate of drug-likeness (QED) is 0.560. The van der Waals surface area contributed by atoms with Crippen LogP contribution in [0, 0.1) is 17.8 Å². The lowest BCUT2D eigenvalue weighted by atomic mass is 9.61. The normalized spacial score (nSPS) is 35.4. The number of esters is 1. The molecule has 4 rings (SSSR count). The fourth-order valence-electron chi connectivity index (χ4n) is 5.88. The van der Waals surface area contributed by atoms with E-state index in [1.54, 1.807) is 0 Å². The standard InChI is InChI=1S/C22H32N2O2/c1-4-11-23(12-5-2)13-8-9-17-18-15-20(25)26-22(18)19-10-6-7-14-24(19)16(3)21(17)22/h16,18-19H,4-7,10-15H2,1-3H3/t16-,18?,19?,22-/m0/s1. The summed E-state index contributed by atoms with van der Waals surface area (Å²) >= 11 is 0. The Morgan fingerprint density at radius 2 is 2.04 bits per heavy atom. The van der Waals surface area contributed by atoms with Gasteiger partial charge >= 0.3 is 5.97 Å². The number of piperidine rings is 1.